The molecule has 3 heterocycles. The van der Waals surface area contributed by atoms with Crippen LogP contribution >= 0.6 is 0 Å². The average molecular weight is 301 g/mol. The number of ether oxygens (including phenoxy) is 1. The lowest BCUT2D eigenvalue weighted by molar-refractivity contribution is 0.0331. The maximum absolute atomic E-state index is 11.8. The van der Waals surface area contributed by atoms with E-state index >= 15 is 0 Å². The predicted octanol–water partition coefficient (Wildman–Crippen LogP) is 0.829. The van der Waals surface area contributed by atoms with E-state index in [9.17, 15) is 9.90 Å². The summed E-state index contributed by atoms with van der Waals surface area (Å²) in [6.45, 7) is 4.40. The number of pyridine rings is 2. The minimum atomic E-state index is -0.339. The molecular formula is C16H19N3O3. The van der Waals surface area contributed by atoms with Gasteiger partial charge in [-0.25, -0.2) is 0 Å². The van der Waals surface area contributed by atoms with E-state index in [4.69, 9.17) is 4.74 Å². The van der Waals surface area contributed by atoms with E-state index in [1.165, 1.54) is 12.3 Å². The minimum absolute atomic E-state index is 0.222. The lowest BCUT2D eigenvalue weighted by atomic mass is 10.2. The van der Waals surface area contributed by atoms with Crippen LogP contribution in [0, 0.1) is 0 Å². The summed E-state index contributed by atoms with van der Waals surface area (Å²) < 4.78 is 7.27. The normalized spacial score (nSPS) is 15.8. The highest BCUT2D eigenvalue weighted by Gasteiger charge is 2.14. The number of hydrogen-bond donors (Lipinski definition) is 1. The highest BCUT2D eigenvalue weighted by Crippen LogP contribution is 2.12. The summed E-state index contributed by atoms with van der Waals surface area (Å²) in [4.78, 5) is 18.0. The zero-order chi connectivity index (χ0) is 15.4. The second kappa shape index (κ2) is 6.72. The lowest BCUT2D eigenvalue weighted by Crippen LogP contribution is -2.36. The molecular weight excluding hydrogens is 282 g/mol. The third-order valence-electron chi connectivity index (χ3n) is 3.79. The Kier molecular flexibility index (Phi) is 4.50. The zero-order valence-corrected chi connectivity index (χ0v) is 12.3. The zero-order valence-electron chi connectivity index (χ0n) is 12.3. The molecule has 2 aromatic rings. The average Bonchev–Trinajstić information content (AvgIpc) is 2.54. The van der Waals surface area contributed by atoms with E-state index in [1.807, 2.05) is 16.7 Å². The highest BCUT2D eigenvalue weighted by atomic mass is 16.5. The molecule has 1 fully saturated rings. The lowest BCUT2D eigenvalue weighted by Gasteiger charge is -2.27. The Morgan fingerprint density at radius 3 is 2.64 bits per heavy atom. The van der Waals surface area contributed by atoms with Gasteiger partial charge in [-0.2, -0.15) is 0 Å². The molecule has 0 amide bonds. The van der Waals surface area contributed by atoms with Crippen molar-refractivity contribution >= 4 is 0 Å². The van der Waals surface area contributed by atoms with E-state index in [0.29, 0.717) is 26.3 Å². The van der Waals surface area contributed by atoms with Crippen molar-refractivity contribution in [3.8, 4) is 5.75 Å². The molecule has 0 atom stereocenters. The molecule has 1 aliphatic heterocycles. The summed E-state index contributed by atoms with van der Waals surface area (Å²) in [6.07, 6.45) is 4.98. The largest absolute Gasteiger partial charge is 0.503 e. The summed E-state index contributed by atoms with van der Waals surface area (Å²) in [7, 11) is 0. The molecule has 0 spiro atoms. The highest BCUT2D eigenvalue weighted by molar-refractivity contribution is 5.22. The number of rotatable bonds is 4. The molecule has 0 radical (unpaired) electrons. The molecule has 6 heteroatoms. The fourth-order valence-corrected chi connectivity index (χ4v) is 2.56. The Bertz CT molecular complexity index is 679. The van der Waals surface area contributed by atoms with Crippen LogP contribution in [0.25, 0.3) is 0 Å². The number of nitrogens with zero attached hydrogens (tertiary/aromatic N) is 3. The van der Waals surface area contributed by atoms with Crippen LogP contribution in [0.5, 0.6) is 5.75 Å². The van der Waals surface area contributed by atoms with E-state index in [-0.39, 0.29) is 11.2 Å². The van der Waals surface area contributed by atoms with Gasteiger partial charge in [-0.1, -0.05) is 0 Å². The smallest absolute Gasteiger partial charge is 0.223 e. The maximum atomic E-state index is 11.8. The van der Waals surface area contributed by atoms with Crippen molar-refractivity contribution in [1.82, 2.24) is 14.5 Å². The van der Waals surface area contributed by atoms with Gasteiger partial charge in [-0.15, -0.1) is 0 Å². The van der Waals surface area contributed by atoms with Crippen LogP contribution in [-0.4, -0.2) is 45.9 Å². The van der Waals surface area contributed by atoms with Gasteiger partial charge in [0.15, 0.2) is 5.75 Å². The van der Waals surface area contributed by atoms with Gasteiger partial charge in [-0.3, -0.25) is 14.7 Å². The third-order valence-corrected chi connectivity index (χ3v) is 3.79. The monoisotopic (exact) mass is 301 g/mol. The van der Waals surface area contributed by atoms with Crippen molar-refractivity contribution in [2.24, 2.45) is 0 Å². The van der Waals surface area contributed by atoms with E-state index in [2.05, 4.69) is 9.88 Å². The summed E-state index contributed by atoms with van der Waals surface area (Å²) in [5.74, 6) is -0.222. The Morgan fingerprint density at radius 1 is 1.18 bits per heavy atom. The Balaban J connectivity index is 1.86. The molecule has 22 heavy (non-hydrogen) atoms. The first kappa shape index (κ1) is 14.7. The third kappa shape index (κ3) is 3.52. The quantitative estimate of drug-likeness (QED) is 0.906. The van der Waals surface area contributed by atoms with Gasteiger partial charge in [0.1, 0.15) is 0 Å². The number of hydrogen-bond acceptors (Lipinski definition) is 5. The predicted molar refractivity (Wildman–Crippen MR) is 81.8 cm³/mol. The van der Waals surface area contributed by atoms with Gasteiger partial charge in [0.25, 0.3) is 0 Å². The second-order valence-electron chi connectivity index (χ2n) is 5.39. The fourth-order valence-electron chi connectivity index (χ4n) is 2.56. The van der Waals surface area contributed by atoms with Crippen LogP contribution in [0.15, 0.2) is 41.6 Å². The summed E-state index contributed by atoms with van der Waals surface area (Å²) in [5.41, 5.74) is 1.62. The molecule has 0 bridgehead atoms. The van der Waals surface area contributed by atoms with Crippen LogP contribution in [0.3, 0.4) is 0 Å². The van der Waals surface area contributed by atoms with Crippen LogP contribution in [0.1, 0.15) is 11.3 Å². The SMILES string of the molecule is O=c1cc(CN2CCOCC2)n(Cc2ccncc2)cc1O. The van der Waals surface area contributed by atoms with Crippen molar-refractivity contribution in [1.29, 1.82) is 0 Å². The minimum Gasteiger partial charge on any atom is -0.503 e. The van der Waals surface area contributed by atoms with Gasteiger partial charge in [0, 0.05) is 50.3 Å². The number of morpholine rings is 1. The molecule has 116 valence electrons. The van der Waals surface area contributed by atoms with E-state index < -0.39 is 0 Å². The van der Waals surface area contributed by atoms with Gasteiger partial charge < -0.3 is 14.4 Å². The molecule has 3 rings (SSSR count). The molecule has 6 nitrogen and oxygen atoms in total. The summed E-state index contributed by atoms with van der Waals surface area (Å²) in [6, 6.07) is 5.37. The first-order chi connectivity index (χ1) is 10.7. The van der Waals surface area contributed by atoms with Crippen molar-refractivity contribution < 1.29 is 9.84 Å². The molecule has 1 saturated heterocycles. The summed E-state index contributed by atoms with van der Waals surface area (Å²) >= 11 is 0. The van der Waals surface area contributed by atoms with E-state index in [0.717, 1.165) is 24.3 Å². The van der Waals surface area contributed by atoms with Crippen LogP contribution in [0.4, 0.5) is 0 Å². The maximum Gasteiger partial charge on any atom is 0.223 e. The van der Waals surface area contributed by atoms with E-state index in [1.54, 1.807) is 12.4 Å². The van der Waals surface area contributed by atoms with Crippen LogP contribution in [0.2, 0.25) is 0 Å². The van der Waals surface area contributed by atoms with Crippen molar-refractivity contribution in [3.05, 3.63) is 58.3 Å². The Hall–Kier alpha value is -2.18. The van der Waals surface area contributed by atoms with Gasteiger partial charge in [-0.05, 0) is 17.7 Å². The van der Waals surface area contributed by atoms with Crippen LogP contribution < -0.4 is 5.43 Å². The fraction of sp³-hybridized carbons (Fsp3) is 0.375. The first-order valence-corrected chi connectivity index (χ1v) is 7.34. The molecule has 0 aromatic carbocycles. The van der Waals surface area contributed by atoms with Crippen LogP contribution in [-0.2, 0) is 17.8 Å². The standard InChI is InChI=1S/C16H19N3O3/c20-15-9-14(11-18-5-7-22-8-6-18)19(12-16(15)21)10-13-1-3-17-4-2-13/h1-4,9,12,21H,5-8,10-11H2. The second-order valence-corrected chi connectivity index (χ2v) is 5.39. The number of aromatic nitrogens is 2. The molecule has 1 aliphatic rings. The molecule has 0 aliphatic carbocycles. The van der Waals surface area contributed by atoms with Crippen molar-refractivity contribution in [2.45, 2.75) is 13.1 Å². The molecule has 0 unspecified atom stereocenters. The molecule has 1 N–H and O–H groups in total. The van der Waals surface area contributed by atoms with Gasteiger partial charge in [0.2, 0.25) is 5.43 Å². The Labute approximate surface area is 128 Å². The summed E-state index contributed by atoms with van der Waals surface area (Å²) in [5, 5.41) is 9.73. The topological polar surface area (TPSA) is 67.6 Å². The Morgan fingerprint density at radius 2 is 1.91 bits per heavy atom. The molecule has 2 aromatic heterocycles. The molecule has 0 saturated carbocycles. The number of aromatic hydroxyl groups is 1. The van der Waals surface area contributed by atoms with Crippen molar-refractivity contribution in [3.63, 3.8) is 0 Å². The van der Waals surface area contributed by atoms with Gasteiger partial charge in [0.05, 0.1) is 19.4 Å². The first-order valence-electron chi connectivity index (χ1n) is 7.34. The van der Waals surface area contributed by atoms with Gasteiger partial charge >= 0.3 is 0 Å². The van der Waals surface area contributed by atoms with Crippen molar-refractivity contribution in [2.75, 3.05) is 26.3 Å².